The van der Waals surface area contributed by atoms with Gasteiger partial charge in [-0.15, -0.1) is 0 Å². The van der Waals surface area contributed by atoms with Gasteiger partial charge in [0, 0.05) is 11.0 Å². The van der Waals surface area contributed by atoms with Gasteiger partial charge in [-0.1, -0.05) is 15.9 Å². The van der Waals surface area contributed by atoms with Gasteiger partial charge in [-0.25, -0.2) is 4.39 Å². The second-order valence-electron chi connectivity index (χ2n) is 4.08. The number of rotatable bonds is 3. The van der Waals surface area contributed by atoms with Crippen LogP contribution in [0.1, 0.15) is 18.4 Å². The summed E-state index contributed by atoms with van der Waals surface area (Å²) < 4.78 is 13.9. The minimum atomic E-state index is -0.152. The Kier molecular flexibility index (Phi) is 3.76. The highest BCUT2D eigenvalue weighted by Crippen LogP contribution is 2.16. The first-order valence-corrected chi connectivity index (χ1v) is 6.21. The molecular weight excluding hydrogens is 257 g/mol. The van der Waals surface area contributed by atoms with Gasteiger partial charge in [-0.3, -0.25) is 0 Å². The van der Waals surface area contributed by atoms with E-state index in [-0.39, 0.29) is 5.82 Å². The van der Waals surface area contributed by atoms with Crippen LogP contribution in [0.2, 0.25) is 0 Å². The average molecular weight is 272 g/mol. The van der Waals surface area contributed by atoms with Crippen molar-refractivity contribution >= 4 is 15.9 Å². The van der Waals surface area contributed by atoms with Crippen molar-refractivity contribution in [2.24, 2.45) is 0 Å². The van der Waals surface area contributed by atoms with Crippen LogP contribution in [0.25, 0.3) is 0 Å². The molecule has 1 aromatic carbocycles. The summed E-state index contributed by atoms with van der Waals surface area (Å²) in [5.41, 5.74) is 1.08. The number of likely N-dealkylation sites (tertiary alicyclic amines) is 1. The van der Waals surface area contributed by atoms with Gasteiger partial charge in [0.2, 0.25) is 0 Å². The van der Waals surface area contributed by atoms with Crippen molar-refractivity contribution in [1.29, 1.82) is 0 Å². The monoisotopic (exact) mass is 271 g/mol. The Morgan fingerprint density at radius 1 is 1.20 bits per heavy atom. The molecule has 1 aromatic rings. The minimum absolute atomic E-state index is 0.152. The van der Waals surface area contributed by atoms with Crippen molar-refractivity contribution < 1.29 is 4.39 Å². The second kappa shape index (κ2) is 5.08. The minimum Gasteiger partial charge on any atom is -0.303 e. The summed E-state index contributed by atoms with van der Waals surface area (Å²) in [4.78, 5) is 2.44. The van der Waals surface area contributed by atoms with E-state index in [9.17, 15) is 4.39 Å². The molecule has 1 saturated heterocycles. The number of hydrogen-bond acceptors (Lipinski definition) is 1. The maximum atomic E-state index is 13.1. The van der Waals surface area contributed by atoms with E-state index in [1.807, 2.05) is 6.07 Å². The van der Waals surface area contributed by atoms with Crippen molar-refractivity contribution in [3.05, 3.63) is 34.1 Å². The average Bonchev–Trinajstić information content (AvgIpc) is 2.65. The summed E-state index contributed by atoms with van der Waals surface area (Å²) in [6.45, 7) is 3.46. The molecule has 0 saturated carbocycles. The Morgan fingerprint density at radius 2 is 1.93 bits per heavy atom. The number of hydrogen-bond donors (Lipinski definition) is 0. The van der Waals surface area contributed by atoms with Gasteiger partial charge < -0.3 is 4.90 Å². The summed E-state index contributed by atoms with van der Waals surface area (Å²) in [6.07, 6.45) is 3.57. The Balaban J connectivity index is 1.92. The molecule has 2 rings (SSSR count). The molecule has 82 valence electrons. The zero-order valence-corrected chi connectivity index (χ0v) is 10.3. The Bertz CT molecular complexity index is 314. The van der Waals surface area contributed by atoms with Crippen molar-refractivity contribution in [3.63, 3.8) is 0 Å². The van der Waals surface area contributed by atoms with Gasteiger partial charge in [0.1, 0.15) is 5.82 Å². The lowest BCUT2D eigenvalue weighted by Crippen LogP contribution is -2.21. The van der Waals surface area contributed by atoms with Crippen molar-refractivity contribution in [2.45, 2.75) is 19.3 Å². The zero-order chi connectivity index (χ0) is 10.7. The maximum absolute atomic E-state index is 13.1. The van der Waals surface area contributed by atoms with E-state index in [0.717, 1.165) is 23.0 Å². The predicted molar refractivity (Wildman–Crippen MR) is 63.5 cm³/mol. The van der Waals surface area contributed by atoms with Gasteiger partial charge in [-0.05, 0) is 56.1 Å². The molecule has 1 heterocycles. The van der Waals surface area contributed by atoms with Crippen LogP contribution < -0.4 is 0 Å². The van der Waals surface area contributed by atoms with E-state index in [2.05, 4.69) is 20.8 Å². The maximum Gasteiger partial charge on any atom is 0.124 e. The summed E-state index contributed by atoms with van der Waals surface area (Å²) in [5, 5.41) is 0. The Hall–Kier alpha value is -0.410. The summed E-state index contributed by atoms with van der Waals surface area (Å²) in [5.74, 6) is -0.152. The third kappa shape index (κ3) is 3.28. The highest BCUT2D eigenvalue weighted by Gasteiger charge is 2.11. The molecule has 0 amide bonds. The first kappa shape index (κ1) is 11.1. The van der Waals surface area contributed by atoms with Crippen molar-refractivity contribution in [3.8, 4) is 0 Å². The van der Waals surface area contributed by atoms with Crippen LogP contribution in [0, 0.1) is 5.82 Å². The molecule has 1 fully saturated rings. The molecule has 1 nitrogen and oxygen atoms in total. The van der Waals surface area contributed by atoms with Crippen LogP contribution in [0.4, 0.5) is 4.39 Å². The molecule has 1 aliphatic rings. The first-order valence-electron chi connectivity index (χ1n) is 5.41. The van der Waals surface area contributed by atoms with Crippen LogP contribution >= 0.6 is 15.9 Å². The van der Waals surface area contributed by atoms with Crippen LogP contribution in [-0.4, -0.2) is 24.5 Å². The van der Waals surface area contributed by atoms with E-state index in [0.29, 0.717) is 0 Å². The molecule has 0 aliphatic carbocycles. The van der Waals surface area contributed by atoms with E-state index >= 15 is 0 Å². The lowest BCUT2D eigenvalue weighted by molar-refractivity contribution is 0.343. The molecule has 0 radical (unpaired) electrons. The Morgan fingerprint density at radius 3 is 2.60 bits per heavy atom. The highest BCUT2D eigenvalue weighted by atomic mass is 79.9. The number of nitrogens with zero attached hydrogens (tertiary/aromatic N) is 1. The van der Waals surface area contributed by atoms with E-state index in [1.165, 1.54) is 32.0 Å². The van der Waals surface area contributed by atoms with E-state index < -0.39 is 0 Å². The SMILES string of the molecule is Fc1cc(Br)cc(CCN2CCCC2)c1. The summed E-state index contributed by atoms with van der Waals surface area (Å²) in [7, 11) is 0. The third-order valence-electron chi connectivity index (χ3n) is 2.84. The van der Waals surface area contributed by atoms with Crippen LogP contribution in [0.15, 0.2) is 22.7 Å². The molecule has 15 heavy (non-hydrogen) atoms. The summed E-state index contributed by atoms with van der Waals surface area (Å²) >= 11 is 3.31. The second-order valence-corrected chi connectivity index (χ2v) is 4.99. The highest BCUT2D eigenvalue weighted by molar-refractivity contribution is 9.10. The normalized spacial score (nSPS) is 17.2. The molecule has 0 aromatic heterocycles. The largest absolute Gasteiger partial charge is 0.303 e. The van der Waals surface area contributed by atoms with Crippen LogP contribution in [-0.2, 0) is 6.42 Å². The van der Waals surface area contributed by atoms with Gasteiger partial charge in [0.05, 0.1) is 0 Å². The summed E-state index contributed by atoms with van der Waals surface area (Å²) in [6, 6.07) is 5.12. The standard InChI is InChI=1S/C12H15BrFN/c13-11-7-10(8-12(14)9-11)3-6-15-4-1-2-5-15/h7-9H,1-6H2. The number of halogens is 2. The molecule has 0 bridgehead atoms. The molecule has 0 atom stereocenters. The van der Waals surface area contributed by atoms with E-state index in [4.69, 9.17) is 0 Å². The van der Waals surface area contributed by atoms with E-state index in [1.54, 1.807) is 6.07 Å². The van der Waals surface area contributed by atoms with Gasteiger partial charge in [0.15, 0.2) is 0 Å². The molecule has 0 N–H and O–H groups in total. The molecule has 1 aliphatic heterocycles. The lowest BCUT2D eigenvalue weighted by Gasteiger charge is -2.14. The van der Waals surface area contributed by atoms with Gasteiger partial charge >= 0.3 is 0 Å². The smallest absolute Gasteiger partial charge is 0.124 e. The molecule has 0 spiro atoms. The number of benzene rings is 1. The molecule has 3 heteroatoms. The quantitative estimate of drug-likeness (QED) is 0.816. The third-order valence-corrected chi connectivity index (χ3v) is 3.30. The topological polar surface area (TPSA) is 3.24 Å². The lowest BCUT2D eigenvalue weighted by atomic mass is 10.1. The van der Waals surface area contributed by atoms with Gasteiger partial charge in [0.25, 0.3) is 0 Å². The fraction of sp³-hybridized carbons (Fsp3) is 0.500. The van der Waals surface area contributed by atoms with Crippen molar-refractivity contribution in [1.82, 2.24) is 4.90 Å². The Labute approximate surface area is 98.4 Å². The first-order chi connectivity index (χ1) is 7.24. The van der Waals surface area contributed by atoms with Crippen LogP contribution in [0.5, 0.6) is 0 Å². The fourth-order valence-electron chi connectivity index (χ4n) is 2.05. The van der Waals surface area contributed by atoms with Gasteiger partial charge in [-0.2, -0.15) is 0 Å². The van der Waals surface area contributed by atoms with Crippen LogP contribution in [0.3, 0.4) is 0 Å². The molecular formula is C12H15BrFN. The van der Waals surface area contributed by atoms with Crippen molar-refractivity contribution in [2.75, 3.05) is 19.6 Å². The zero-order valence-electron chi connectivity index (χ0n) is 8.68. The fourth-order valence-corrected chi connectivity index (χ4v) is 2.56. The predicted octanol–water partition coefficient (Wildman–Crippen LogP) is 3.23. The molecule has 0 unspecified atom stereocenters.